The molecule has 1 aromatic carbocycles. The van der Waals surface area contributed by atoms with Gasteiger partial charge in [-0.05, 0) is 37.1 Å². The highest BCUT2D eigenvalue weighted by Gasteiger charge is 2.10. The molecule has 5 heteroatoms. The minimum atomic E-state index is -1.00. The van der Waals surface area contributed by atoms with Crippen molar-refractivity contribution < 1.29 is 14.6 Å². The molecule has 0 saturated heterocycles. The molecular formula is C13H16N2O3. The van der Waals surface area contributed by atoms with Gasteiger partial charge in [0.2, 0.25) is 0 Å². The monoisotopic (exact) mass is 248 g/mol. The van der Waals surface area contributed by atoms with Gasteiger partial charge in [-0.2, -0.15) is 0 Å². The number of aromatic nitrogens is 1. The van der Waals surface area contributed by atoms with E-state index in [1.54, 1.807) is 7.11 Å². The van der Waals surface area contributed by atoms with Crippen molar-refractivity contribution >= 4 is 17.0 Å². The average Bonchev–Trinajstić information content (AvgIpc) is 2.70. The van der Waals surface area contributed by atoms with E-state index in [2.05, 4.69) is 10.3 Å². The molecule has 0 fully saturated rings. The van der Waals surface area contributed by atoms with Crippen LogP contribution in [-0.4, -0.2) is 29.3 Å². The Morgan fingerprint density at radius 3 is 3.00 bits per heavy atom. The number of carboxylic acid groups (broad SMARTS) is 1. The maximum Gasteiger partial charge on any atom is 0.404 e. The predicted molar refractivity (Wildman–Crippen MR) is 69.2 cm³/mol. The van der Waals surface area contributed by atoms with E-state index in [0.29, 0.717) is 6.42 Å². The number of carbonyl (C=O) groups is 1. The number of H-pyrrole nitrogens is 1. The Balaban J connectivity index is 2.25. The van der Waals surface area contributed by atoms with E-state index in [9.17, 15) is 4.79 Å². The molecule has 0 radical (unpaired) electrons. The number of fused-ring (bicyclic) bond motifs is 1. The zero-order valence-corrected chi connectivity index (χ0v) is 10.4. The van der Waals surface area contributed by atoms with Crippen LogP contribution in [0.2, 0.25) is 0 Å². The number of hydrogen-bond donors (Lipinski definition) is 3. The summed E-state index contributed by atoms with van der Waals surface area (Å²) in [7, 11) is 1.63. The zero-order valence-electron chi connectivity index (χ0n) is 10.4. The second kappa shape index (κ2) is 5.00. The molecule has 0 aliphatic rings. The number of hydrogen-bond acceptors (Lipinski definition) is 2. The summed E-state index contributed by atoms with van der Waals surface area (Å²) in [4.78, 5) is 13.7. The largest absolute Gasteiger partial charge is 0.497 e. The van der Waals surface area contributed by atoms with E-state index < -0.39 is 6.09 Å². The molecule has 1 heterocycles. The Hall–Kier alpha value is -2.17. The molecule has 2 aromatic rings. The lowest BCUT2D eigenvalue weighted by Gasteiger charge is -2.10. The third-order valence-corrected chi connectivity index (χ3v) is 2.87. The standard InChI is InChI=1S/C13H16N2O3/c1-8(15-13(16)17)5-9-7-14-12-4-3-10(18-2)6-11(9)12/h3-4,6-8,14-15H,5H2,1-2H3,(H,16,17)/t8-/m1/s1. The van der Waals surface area contributed by atoms with E-state index in [1.807, 2.05) is 31.3 Å². The average molecular weight is 248 g/mol. The van der Waals surface area contributed by atoms with Gasteiger partial charge in [-0.1, -0.05) is 0 Å². The number of amides is 1. The van der Waals surface area contributed by atoms with Gasteiger partial charge in [-0.15, -0.1) is 0 Å². The van der Waals surface area contributed by atoms with Gasteiger partial charge in [0.25, 0.3) is 0 Å². The topological polar surface area (TPSA) is 74.3 Å². The van der Waals surface area contributed by atoms with Gasteiger partial charge in [0.05, 0.1) is 7.11 Å². The van der Waals surface area contributed by atoms with Gasteiger partial charge < -0.3 is 20.1 Å². The van der Waals surface area contributed by atoms with Crippen molar-refractivity contribution in [3.63, 3.8) is 0 Å². The molecule has 5 nitrogen and oxygen atoms in total. The number of rotatable bonds is 4. The highest BCUT2D eigenvalue weighted by Crippen LogP contribution is 2.24. The molecule has 1 amide bonds. The first-order valence-corrected chi connectivity index (χ1v) is 5.73. The maximum atomic E-state index is 10.6. The second-order valence-corrected chi connectivity index (χ2v) is 4.28. The van der Waals surface area contributed by atoms with Crippen LogP contribution in [0.3, 0.4) is 0 Å². The molecule has 0 saturated carbocycles. The fraction of sp³-hybridized carbons (Fsp3) is 0.308. The summed E-state index contributed by atoms with van der Waals surface area (Å²) < 4.78 is 5.19. The van der Waals surface area contributed by atoms with Crippen molar-refractivity contribution in [2.45, 2.75) is 19.4 Å². The van der Waals surface area contributed by atoms with Crippen LogP contribution >= 0.6 is 0 Å². The van der Waals surface area contributed by atoms with Gasteiger partial charge in [0.1, 0.15) is 5.75 Å². The van der Waals surface area contributed by atoms with E-state index in [-0.39, 0.29) is 6.04 Å². The van der Waals surface area contributed by atoms with E-state index in [4.69, 9.17) is 9.84 Å². The molecule has 1 atom stereocenters. The first-order valence-electron chi connectivity index (χ1n) is 5.73. The molecule has 2 rings (SSSR count). The summed E-state index contributed by atoms with van der Waals surface area (Å²) in [6.45, 7) is 1.84. The Kier molecular flexibility index (Phi) is 3.41. The Bertz CT molecular complexity index is 562. The summed E-state index contributed by atoms with van der Waals surface area (Å²) in [5.74, 6) is 0.794. The maximum absolute atomic E-state index is 10.6. The molecule has 0 bridgehead atoms. The summed E-state index contributed by atoms with van der Waals surface area (Å²) in [6.07, 6.45) is 1.55. The minimum Gasteiger partial charge on any atom is -0.497 e. The number of aromatic amines is 1. The molecule has 0 spiro atoms. The van der Waals surface area contributed by atoms with Crippen molar-refractivity contribution in [1.82, 2.24) is 10.3 Å². The van der Waals surface area contributed by atoms with Gasteiger partial charge >= 0.3 is 6.09 Å². The van der Waals surface area contributed by atoms with Crippen molar-refractivity contribution in [1.29, 1.82) is 0 Å². The number of benzene rings is 1. The lowest BCUT2D eigenvalue weighted by atomic mass is 10.1. The van der Waals surface area contributed by atoms with Gasteiger partial charge in [0.15, 0.2) is 0 Å². The fourth-order valence-electron chi connectivity index (χ4n) is 2.05. The third kappa shape index (κ3) is 2.56. The zero-order chi connectivity index (χ0) is 13.1. The van der Waals surface area contributed by atoms with E-state index in [0.717, 1.165) is 22.2 Å². The van der Waals surface area contributed by atoms with Crippen molar-refractivity contribution in [2.75, 3.05) is 7.11 Å². The highest BCUT2D eigenvalue weighted by molar-refractivity contribution is 5.84. The SMILES string of the molecule is COc1ccc2[nH]cc(C[C@@H](C)NC(=O)O)c2c1. The van der Waals surface area contributed by atoms with Crippen LogP contribution < -0.4 is 10.1 Å². The second-order valence-electron chi connectivity index (χ2n) is 4.28. The molecule has 0 unspecified atom stereocenters. The first kappa shape index (κ1) is 12.3. The summed E-state index contributed by atoms with van der Waals surface area (Å²) in [5, 5.41) is 12.2. The normalized spacial score (nSPS) is 12.3. The lowest BCUT2D eigenvalue weighted by molar-refractivity contribution is 0.190. The van der Waals surface area contributed by atoms with E-state index >= 15 is 0 Å². The summed E-state index contributed by atoms with van der Waals surface area (Å²) in [6, 6.07) is 5.66. The van der Waals surface area contributed by atoms with Crippen LogP contribution in [0, 0.1) is 0 Å². The third-order valence-electron chi connectivity index (χ3n) is 2.87. The van der Waals surface area contributed by atoms with Crippen LogP contribution in [0.5, 0.6) is 5.75 Å². The van der Waals surface area contributed by atoms with Gasteiger partial charge in [-0.3, -0.25) is 0 Å². The minimum absolute atomic E-state index is 0.132. The molecular weight excluding hydrogens is 232 g/mol. The van der Waals surface area contributed by atoms with Crippen LogP contribution in [0.15, 0.2) is 24.4 Å². The van der Waals surface area contributed by atoms with Crippen molar-refractivity contribution in [3.05, 3.63) is 30.0 Å². The van der Waals surface area contributed by atoms with E-state index in [1.165, 1.54) is 0 Å². The highest BCUT2D eigenvalue weighted by atomic mass is 16.5. The molecule has 18 heavy (non-hydrogen) atoms. The summed E-state index contributed by atoms with van der Waals surface area (Å²) >= 11 is 0. The lowest BCUT2D eigenvalue weighted by Crippen LogP contribution is -2.32. The van der Waals surface area contributed by atoms with Crippen LogP contribution in [0.1, 0.15) is 12.5 Å². The van der Waals surface area contributed by atoms with Crippen LogP contribution in [0.4, 0.5) is 4.79 Å². The number of ether oxygens (including phenoxy) is 1. The van der Waals surface area contributed by atoms with Crippen LogP contribution in [0.25, 0.3) is 10.9 Å². The van der Waals surface area contributed by atoms with Crippen molar-refractivity contribution in [2.24, 2.45) is 0 Å². The van der Waals surface area contributed by atoms with Gasteiger partial charge in [-0.25, -0.2) is 4.79 Å². The molecule has 96 valence electrons. The van der Waals surface area contributed by atoms with Gasteiger partial charge in [0, 0.05) is 23.1 Å². The predicted octanol–water partition coefficient (Wildman–Crippen LogP) is 2.38. The quantitative estimate of drug-likeness (QED) is 0.777. The molecule has 3 N–H and O–H groups in total. The molecule has 0 aliphatic carbocycles. The Labute approximate surface area is 105 Å². The first-order chi connectivity index (χ1) is 8.60. The molecule has 0 aliphatic heterocycles. The number of methoxy groups -OCH3 is 1. The van der Waals surface area contributed by atoms with Crippen LogP contribution in [-0.2, 0) is 6.42 Å². The Morgan fingerprint density at radius 2 is 2.33 bits per heavy atom. The Morgan fingerprint density at radius 1 is 1.56 bits per heavy atom. The summed E-state index contributed by atoms with van der Waals surface area (Å²) in [5.41, 5.74) is 2.10. The fourth-order valence-corrected chi connectivity index (χ4v) is 2.05. The number of nitrogens with one attached hydrogen (secondary N) is 2. The van der Waals surface area contributed by atoms with Crippen molar-refractivity contribution in [3.8, 4) is 5.75 Å². The molecule has 1 aromatic heterocycles. The smallest absolute Gasteiger partial charge is 0.404 e.